The Balaban J connectivity index is 1.29. The molecule has 1 aromatic rings. The first-order chi connectivity index (χ1) is 46.8. The van der Waals surface area contributed by atoms with Crippen LogP contribution < -0.4 is 0 Å². The van der Waals surface area contributed by atoms with Crippen LogP contribution in [-0.2, 0) is 72.8 Å². The quantitative estimate of drug-likeness (QED) is 0.0323. The molecule has 19 atom stereocenters. The van der Waals surface area contributed by atoms with E-state index in [1.165, 1.54) is 5.57 Å². The molecule has 0 aromatic heterocycles. The van der Waals surface area contributed by atoms with Crippen LogP contribution in [0.2, 0.25) is 90.7 Å². The Hall–Kier alpha value is -0.156. The summed E-state index contributed by atoms with van der Waals surface area (Å²) in [4.78, 5) is 0.284. The van der Waals surface area contributed by atoms with E-state index in [0.717, 1.165) is 74.9 Å². The van der Waals surface area contributed by atoms with Gasteiger partial charge in [0, 0.05) is 31.1 Å². The number of aliphatic hydroxyl groups is 1. The number of aryl methyl sites for hydroxylation is 1. The van der Waals surface area contributed by atoms with Gasteiger partial charge in [-0.25, -0.2) is 4.21 Å². The molecule has 0 spiro atoms. The number of hydrogen-bond donors (Lipinski definition) is 2. The average Bonchev–Trinajstić information content (AvgIpc) is 0.831. The molecular weight excluding hydrogens is 1500 g/mol. The fourth-order valence-electron chi connectivity index (χ4n) is 14.5. The second-order valence-electron chi connectivity index (χ2n) is 39.1. The van der Waals surface area contributed by atoms with E-state index in [9.17, 15) is 13.9 Å². The molecule has 7 rings (SSSR count). The third kappa shape index (κ3) is 22.6. The lowest BCUT2D eigenvalue weighted by atomic mass is 9.76. The second-order valence-corrected chi connectivity index (χ2v) is 64.6. The first kappa shape index (κ1) is 89.1. The van der Waals surface area contributed by atoms with E-state index in [-0.39, 0.29) is 90.9 Å². The van der Waals surface area contributed by atoms with Crippen LogP contribution in [0.4, 0.5) is 0 Å². The molecule has 15 nitrogen and oxygen atoms in total. The zero-order valence-electron chi connectivity index (χ0n) is 68.8. The number of aliphatic hydroxyl groups excluding tert-OH is 1. The minimum Gasteiger partial charge on any atom is -0.414 e. The molecule has 102 heavy (non-hydrogen) atoms. The van der Waals surface area contributed by atoms with Crippen LogP contribution >= 0.6 is 22.6 Å². The zero-order chi connectivity index (χ0) is 76.5. The third-order valence-electron chi connectivity index (χ3n) is 26.3. The molecular formula is C80H145IO15SSi5. The molecule has 0 bridgehead atoms. The molecule has 6 heterocycles. The summed E-state index contributed by atoms with van der Waals surface area (Å²) in [6, 6.07) is 5.59. The SMILES string of the molecule is C=C1C[C@H](CC[C@@H]2O[C@@H](CCC3OCCCO3)CC2=C)O[C@H](C[C@@H]2O[C@H](C[C@@H](CO[Si](C)(C)C(C)(C)C)O[Si](C)(C)C(C)(C)C)C[C@H]2CC(O)C(c2cc(S(=O)O)ccc2CC)[C@H]2CC[C@@H]3OC(C(/C=C/I)O[Si](C)(C)C(C)(C)C)C(O[Si](C)(C)C(C)(C)C)C(O[Si](C)(C)C(C)(C)C)C3O2)C1C. The van der Waals surface area contributed by atoms with Crippen molar-refractivity contribution in [2.75, 3.05) is 19.8 Å². The number of halogens is 1. The van der Waals surface area contributed by atoms with Gasteiger partial charge in [-0.2, -0.15) is 0 Å². The molecule has 22 heteroatoms. The van der Waals surface area contributed by atoms with Gasteiger partial charge in [-0.15, -0.1) is 0 Å². The fraction of sp³-hybridized carbons (Fsp3) is 0.850. The number of fused-ring (bicyclic) bond motifs is 1. The Morgan fingerprint density at radius 3 is 1.77 bits per heavy atom. The maximum Gasteiger partial charge on any atom is 0.193 e. The minimum atomic E-state index is -2.64. The van der Waals surface area contributed by atoms with Gasteiger partial charge in [-0.3, -0.25) is 0 Å². The smallest absolute Gasteiger partial charge is 0.193 e. The van der Waals surface area contributed by atoms with E-state index >= 15 is 0 Å². The van der Waals surface area contributed by atoms with Crippen LogP contribution in [-0.4, -0.2) is 173 Å². The number of rotatable bonds is 30. The predicted molar refractivity (Wildman–Crippen MR) is 438 cm³/mol. The molecule has 6 aliphatic heterocycles. The lowest BCUT2D eigenvalue weighted by Gasteiger charge is -2.56. The summed E-state index contributed by atoms with van der Waals surface area (Å²) >= 11 is 0.0282. The highest BCUT2D eigenvalue weighted by atomic mass is 127. The monoisotopic (exact) mass is 1640 g/mol. The minimum absolute atomic E-state index is 0.00638. The molecule has 0 radical (unpaired) electrons. The lowest BCUT2D eigenvalue weighted by molar-refractivity contribution is -0.270. The fourth-order valence-corrected chi connectivity index (χ4v) is 21.6. The zero-order valence-corrected chi connectivity index (χ0v) is 76.8. The van der Waals surface area contributed by atoms with Crippen molar-refractivity contribution in [3.63, 3.8) is 0 Å². The first-order valence-electron chi connectivity index (χ1n) is 39.2. The van der Waals surface area contributed by atoms with Gasteiger partial charge in [0.1, 0.15) is 24.4 Å². The molecule has 6 aliphatic rings. The highest BCUT2D eigenvalue weighted by molar-refractivity contribution is 14.1. The molecule has 0 aliphatic carbocycles. The Bertz CT molecular complexity index is 2940. The summed E-state index contributed by atoms with van der Waals surface area (Å²) in [5.41, 5.74) is 4.13. The number of benzene rings is 1. The summed E-state index contributed by atoms with van der Waals surface area (Å²) in [7, 11) is -12.2. The summed E-state index contributed by atoms with van der Waals surface area (Å²) in [6.07, 6.45) is 6.37. The highest BCUT2D eigenvalue weighted by Crippen LogP contribution is 2.51. The molecule has 6 fully saturated rings. The van der Waals surface area contributed by atoms with E-state index in [1.807, 2.05) is 12.1 Å². The van der Waals surface area contributed by atoms with Crippen molar-refractivity contribution in [1.82, 2.24) is 0 Å². The largest absolute Gasteiger partial charge is 0.414 e. The van der Waals surface area contributed by atoms with Crippen LogP contribution in [0.25, 0.3) is 0 Å². The topological polar surface area (TPSA) is 168 Å². The first-order valence-corrected chi connectivity index (χ1v) is 56.1. The van der Waals surface area contributed by atoms with Gasteiger partial charge in [-0.1, -0.05) is 165 Å². The van der Waals surface area contributed by atoms with Crippen molar-refractivity contribution in [2.45, 2.75) is 407 Å². The van der Waals surface area contributed by atoms with E-state index < -0.39 is 107 Å². The highest BCUT2D eigenvalue weighted by Gasteiger charge is 2.59. The summed E-state index contributed by atoms with van der Waals surface area (Å²) in [5.74, 6) is -0.692. The summed E-state index contributed by atoms with van der Waals surface area (Å²) in [6.45, 7) is 73.1. The van der Waals surface area contributed by atoms with Crippen LogP contribution in [0.5, 0.6) is 0 Å². The summed E-state index contributed by atoms with van der Waals surface area (Å²) < 4.78 is 113. The third-order valence-corrected chi connectivity index (χ3v) is 49.9. The molecule has 1 aromatic carbocycles. The predicted octanol–water partition coefficient (Wildman–Crippen LogP) is 20.5. The van der Waals surface area contributed by atoms with Gasteiger partial charge in [-0.05, 0) is 206 Å². The summed E-state index contributed by atoms with van der Waals surface area (Å²) in [5, 5.41) is 13.5. The van der Waals surface area contributed by atoms with Crippen LogP contribution in [0, 0.1) is 11.8 Å². The van der Waals surface area contributed by atoms with Crippen molar-refractivity contribution < 1.29 is 69.2 Å². The van der Waals surface area contributed by atoms with Gasteiger partial charge in [0.05, 0.1) is 91.9 Å². The number of ether oxygens (including phenoxy) is 7. The average molecular weight is 1650 g/mol. The molecule has 0 amide bonds. The molecule has 2 N–H and O–H groups in total. The molecule has 9 unspecified atom stereocenters. The maximum atomic E-state index is 14.0. The lowest BCUT2D eigenvalue weighted by Crippen LogP contribution is -2.69. The van der Waals surface area contributed by atoms with E-state index in [1.54, 1.807) is 6.07 Å². The van der Waals surface area contributed by atoms with Crippen molar-refractivity contribution >= 4 is 75.3 Å². The van der Waals surface area contributed by atoms with Gasteiger partial charge in [0.15, 0.2) is 59.0 Å². The second kappa shape index (κ2) is 35.3. The number of hydrogen-bond acceptors (Lipinski definition) is 14. The van der Waals surface area contributed by atoms with Crippen molar-refractivity contribution in [1.29, 1.82) is 0 Å². The van der Waals surface area contributed by atoms with Crippen molar-refractivity contribution in [2.24, 2.45) is 11.8 Å². The molecule has 588 valence electrons. The Morgan fingerprint density at radius 1 is 0.657 bits per heavy atom. The van der Waals surface area contributed by atoms with Gasteiger partial charge < -0.3 is 64.9 Å². The molecule has 6 saturated heterocycles. The maximum absolute atomic E-state index is 14.0. The van der Waals surface area contributed by atoms with E-state index in [0.29, 0.717) is 51.6 Å². The Kier molecular flexibility index (Phi) is 30.8. The van der Waals surface area contributed by atoms with Crippen molar-refractivity contribution in [3.05, 3.63) is 63.8 Å². The Labute approximate surface area is 642 Å². The van der Waals surface area contributed by atoms with Crippen LogP contribution in [0.3, 0.4) is 0 Å². The standard InChI is InChI=1S/C80H145IO15SSi5/c1-30-55-32-35-61(97(83)84)49-62(55)71(65-37-38-66-72(91-65)74(95-101(26,27)79(14,15)16)75(96-102(28,29)80(17,18)19)73(92-66)67(40-41-81)94-100(24,25)78(11,12)13)63(82)47-56-46-59(48-60(93-99(22,23)77(8,9)10)51-87-98(20,21)76(5,6)7)90-69(56)50-68-54(4)52(2)44-57(89-68)33-36-64-53(3)45-58(88-64)34-39-70-85-42-31-43-86-70/h32,35,40-41,49,54,56-60,63-75,82H,2-3,30-31,33-34,36-39,42-48,50-51H2,1,4-29H3,(H,83,84)/b41-40+/t54?,56-,57-,58-,59-,60-,63?,64-,65+,66-,67?,68+,69-,71?,72?,73?,74?,75?/m0/s1. The van der Waals surface area contributed by atoms with Gasteiger partial charge >= 0.3 is 0 Å². The molecule has 0 saturated carbocycles. The van der Waals surface area contributed by atoms with Gasteiger partial charge in [0.2, 0.25) is 0 Å². The van der Waals surface area contributed by atoms with E-state index in [2.05, 4.69) is 223 Å². The van der Waals surface area contributed by atoms with Crippen molar-refractivity contribution in [3.8, 4) is 0 Å². The van der Waals surface area contributed by atoms with Crippen LogP contribution in [0.15, 0.2) is 57.6 Å². The Morgan fingerprint density at radius 2 is 1.21 bits per heavy atom. The van der Waals surface area contributed by atoms with Crippen LogP contribution in [0.1, 0.15) is 218 Å². The normalized spacial score (nSPS) is 30.6. The van der Waals surface area contributed by atoms with E-state index in [4.69, 9.17) is 61.9 Å². The van der Waals surface area contributed by atoms with Gasteiger partial charge in [0.25, 0.3) is 0 Å².